The fourth-order valence-electron chi connectivity index (χ4n) is 1.79. The maximum atomic E-state index is 9.79. The lowest BCUT2D eigenvalue weighted by Gasteiger charge is -2.45. The SMILES string of the molecule is COC(C)(C)[C@H]1OC(CO)[C@@H](O)[C@H](O)C1O. The highest BCUT2D eigenvalue weighted by Crippen LogP contribution is 2.29. The Kier molecular flexibility index (Phi) is 4.28. The summed E-state index contributed by atoms with van der Waals surface area (Å²) in [6.07, 6.45) is -5.65. The molecule has 0 amide bonds. The van der Waals surface area contributed by atoms with Gasteiger partial charge < -0.3 is 29.9 Å². The van der Waals surface area contributed by atoms with Crippen molar-refractivity contribution in [2.24, 2.45) is 0 Å². The van der Waals surface area contributed by atoms with Gasteiger partial charge in [0, 0.05) is 7.11 Å². The van der Waals surface area contributed by atoms with E-state index in [1.807, 2.05) is 0 Å². The molecule has 1 saturated heterocycles. The van der Waals surface area contributed by atoms with Gasteiger partial charge in [-0.05, 0) is 13.8 Å². The molecule has 0 saturated carbocycles. The van der Waals surface area contributed by atoms with Crippen LogP contribution in [0.4, 0.5) is 0 Å². The van der Waals surface area contributed by atoms with Crippen LogP contribution in [0.1, 0.15) is 13.8 Å². The van der Waals surface area contributed by atoms with E-state index in [1.54, 1.807) is 13.8 Å². The van der Waals surface area contributed by atoms with Crippen molar-refractivity contribution < 1.29 is 29.9 Å². The number of methoxy groups -OCH3 is 1. The highest BCUT2D eigenvalue weighted by Gasteiger charge is 2.49. The minimum Gasteiger partial charge on any atom is -0.394 e. The molecule has 0 aromatic carbocycles. The third kappa shape index (κ3) is 2.37. The molecule has 1 aliphatic heterocycles. The van der Waals surface area contributed by atoms with E-state index in [0.717, 1.165) is 0 Å². The van der Waals surface area contributed by atoms with Gasteiger partial charge in [-0.2, -0.15) is 0 Å². The summed E-state index contributed by atoms with van der Waals surface area (Å²) in [7, 11) is 1.46. The van der Waals surface area contributed by atoms with Gasteiger partial charge in [-0.25, -0.2) is 0 Å². The number of rotatable bonds is 3. The van der Waals surface area contributed by atoms with Gasteiger partial charge in [-0.3, -0.25) is 0 Å². The van der Waals surface area contributed by atoms with Gasteiger partial charge in [0.2, 0.25) is 0 Å². The third-order valence-corrected chi connectivity index (χ3v) is 3.10. The summed E-state index contributed by atoms with van der Waals surface area (Å²) >= 11 is 0. The minimum absolute atomic E-state index is 0.429. The van der Waals surface area contributed by atoms with Crippen LogP contribution in [-0.2, 0) is 9.47 Å². The van der Waals surface area contributed by atoms with Crippen molar-refractivity contribution in [3.05, 3.63) is 0 Å². The smallest absolute Gasteiger partial charge is 0.115 e. The topological polar surface area (TPSA) is 99.4 Å². The lowest BCUT2D eigenvalue weighted by molar-refractivity contribution is -0.267. The molecule has 96 valence electrons. The Labute approximate surface area is 94.4 Å². The Morgan fingerprint density at radius 2 is 1.69 bits per heavy atom. The van der Waals surface area contributed by atoms with E-state index >= 15 is 0 Å². The van der Waals surface area contributed by atoms with Gasteiger partial charge in [0.15, 0.2) is 0 Å². The molecule has 1 rings (SSSR count). The van der Waals surface area contributed by atoms with Crippen LogP contribution in [0.2, 0.25) is 0 Å². The Hall–Kier alpha value is -0.240. The first-order valence-corrected chi connectivity index (χ1v) is 5.20. The number of ether oxygens (including phenoxy) is 2. The lowest BCUT2D eigenvalue weighted by atomic mass is 9.87. The quantitative estimate of drug-likeness (QED) is 0.464. The average Bonchev–Trinajstić information content (AvgIpc) is 2.26. The minimum atomic E-state index is -1.36. The van der Waals surface area contributed by atoms with Crippen LogP contribution in [0, 0.1) is 0 Å². The first-order valence-electron chi connectivity index (χ1n) is 5.20. The lowest BCUT2D eigenvalue weighted by Crippen LogP contribution is -2.64. The van der Waals surface area contributed by atoms with E-state index in [-0.39, 0.29) is 0 Å². The van der Waals surface area contributed by atoms with Crippen LogP contribution < -0.4 is 0 Å². The van der Waals surface area contributed by atoms with E-state index in [1.165, 1.54) is 7.11 Å². The second-order valence-electron chi connectivity index (χ2n) is 4.56. The first kappa shape index (κ1) is 13.8. The molecule has 0 aromatic rings. The van der Waals surface area contributed by atoms with E-state index < -0.39 is 42.7 Å². The van der Waals surface area contributed by atoms with E-state index in [4.69, 9.17) is 14.6 Å². The summed E-state index contributed by atoms with van der Waals surface area (Å²) in [5, 5.41) is 38.0. The van der Waals surface area contributed by atoms with E-state index in [2.05, 4.69) is 0 Å². The molecule has 0 bridgehead atoms. The van der Waals surface area contributed by atoms with Gasteiger partial charge in [-0.1, -0.05) is 0 Å². The summed E-state index contributed by atoms with van der Waals surface area (Å²) in [5.74, 6) is 0. The predicted molar refractivity (Wildman–Crippen MR) is 54.9 cm³/mol. The largest absolute Gasteiger partial charge is 0.394 e. The molecule has 1 heterocycles. The first-order chi connectivity index (χ1) is 7.35. The van der Waals surface area contributed by atoms with Crippen LogP contribution in [-0.4, -0.2) is 70.3 Å². The molecule has 5 atom stereocenters. The molecule has 1 fully saturated rings. The molecule has 4 N–H and O–H groups in total. The summed E-state index contributed by atoms with van der Waals surface area (Å²) in [5.41, 5.74) is -0.825. The zero-order valence-corrected chi connectivity index (χ0v) is 9.70. The number of aliphatic hydroxyl groups excluding tert-OH is 4. The predicted octanol–water partition coefficient (Wildman–Crippen LogP) is -1.75. The zero-order valence-electron chi connectivity index (χ0n) is 9.70. The van der Waals surface area contributed by atoms with Gasteiger partial charge in [0.1, 0.15) is 30.5 Å². The highest BCUT2D eigenvalue weighted by atomic mass is 16.6. The fraction of sp³-hybridized carbons (Fsp3) is 1.00. The molecule has 0 radical (unpaired) electrons. The average molecular weight is 236 g/mol. The maximum Gasteiger partial charge on any atom is 0.115 e. The summed E-state index contributed by atoms with van der Waals surface area (Å²) < 4.78 is 10.5. The second-order valence-corrected chi connectivity index (χ2v) is 4.56. The van der Waals surface area contributed by atoms with Crippen molar-refractivity contribution in [1.29, 1.82) is 0 Å². The number of hydrogen-bond donors (Lipinski definition) is 4. The number of hydrogen-bond acceptors (Lipinski definition) is 6. The van der Waals surface area contributed by atoms with Crippen LogP contribution in [0.3, 0.4) is 0 Å². The van der Waals surface area contributed by atoms with E-state index in [9.17, 15) is 15.3 Å². The normalized spacial score (nSPS) is 41.1. The summed E-state index contributed by atoms with van der Waals surface area (Å²) in [6, 6.07) is 0. The molecule has 6 heteroatoms. The Morgan fingerprint density at radius 1 is 1.12 bits per heavy atom. The van der Waals surface area contributed by atoms with Crippen molar-refractivity contribution >= 4 is 0 Å². The van der Waals surface area contributed by atoms with Gasteiger partial charge >= 0.3 is 0 Å². The second kappa shape index (κ2) is 4.95. The monoisotopic (exact) mass is 236 g/mol. The van der Waals surface area contributed by atoms with Crippen molar-refractivity contribution in [2.75, 3.05) is 13.7 Å². The standard InChI is InChI=1S/C10H20O6/c1-10(2,15-3)9-8(14)7(13)6(12)5(4-11)16-9/h5-9,11-14H,4H2,1-3H3/t5?,6-,7+,8?,9+/m1/s1. The highest BCUT2D eigenvalue weighted by molar-refractivity contribution is 4.98. The molecule has 0 aliphatic carbocycles. The third-order valence-electron chi connectivity index (χ3n) is 3.10. The molecule has 6 nitrogen and oxygen atoms in total. The molecule has 0 spiro atoms. The maximum absolute atomic E-state index is 9.79. The Balaban J connectivity index is 2.87. The van der Waals surface area contributed by atoms with Crippen molar-refractivity contribution in [1.82, 2.24) is 0 Å². The van der Waals surface area contributed by atoms with Crippen molar-refractivity contribution in [2.45, 2.75) is 50.0 Å². The fourth-order valence-corrected chi connectivity index (χ4v) is 1.79. The van der Waals surface area contributed by atoms with Crippen LogP contribution in [0.5, 0.6) is 0 Å². The van der Waals surface area contributed by atoms with Crippen molar-refractivity contribution in [3.63, 3.8) is 0 Å². The summed E-state index contributed by atoms with van der Waals surface area (Å²) in [6.45, 7) is 2.96. The molecular formula is C10H20O6. The Bertz CT molecular complexity index is 229. The molecule has 16 heavy (non-hydrogen) atoms. The van der Waals surface area contributed by atoms with Crippen molar-refractivity contribution in [3.8, 4) is 0 Å². The Morgan fingerprint density at radius 3 is 2.12 bits per heavy atom. The molecule has 2 unspecified atom stereocenters. The van der Waals surface area contributed by atoms with Gasteiger partial charge in [-0.15, -0.1) is 0 Å². The van der Waals surface area contributed by atoms with Crippen LogP contribution in [0.25, 0.3) is 0 Å². The molecule has 0 aromatic heterocycles. The van der Waals surface area contributed by atoms with Crippen LogP contribution >= 0.6 is 0 Å². The molecule has 1 aliphatic rings. The molecular weight excluding hydrogens is 216 g/mol. The van der Waals surface area contributed by atoms with Crippen LogP contribution in [0.15, 0.2) is 0 Å². The number of aliphatic hydroxyl groups is 4. The van der Waals surface area contributed by atoms with Gasteiger partial charge in [0.05, 0.1) is 12.2 Å². The van der Waals surface area contributed by atoms with E-state index in [0.29, 0.717) is 0 Å². The summed E-state index contributed by atoms with van der Waals surface area (Å²) in [4.78, 5) is 0. The van der Waals surface area contributed by atoms with Gasteiger partial charge in [0.25, 0.3) is 0 Å². The zero-order chi connectivity index (χ0) is 12.5.